The second-order valence-electron chi connectivity index (χ2n) is 1.97. The van der Waals surface area contributed by atoms with Crippen LogP contribution in [0.3, 0.4) is 0 Å². The minimum atomic E-state index is -4.53. The third-order valence-electron chi connectivity index (χ3n) is 1.12. The van der Waals surface area contributed by atoms with E-state index in [-0.39, 0.29) is 0 Å². The Balaban J connectivity index is 3.10. The van der Waals surface area contributed by atoms with E-state index < -0.39 is 17.7 Å². The van der Waals surface area contributed by atoms with E-state index in [4.69, 9.17) is 0 Å². The summed E-state index contributed by atoms with van der Waals surface area (Å²) in [6, 6.07) is 2.95. The van der Waals surface area contributed by atoms with Crippen LogP contribution in [-0.2, 0) is 6.18 Å². The molecule has 0 radical (unpaired) electrons. The normalized spacial score (nSPS) is 11.2. The zero-order valence-corrected chi connectivity index (χ0v) is 5.67. The number of nitrogens with zero attached hydrogens (tertiary/aromatic N) is 2. The monoisotopic (exact) mass is 176 g/mol. The lowest BCUT2D eigenvalue weighted by Crippen LogP contribution is -2.06. The van der Waals surface area contributed by atoms with Crippen molar-refractivity contribution in [1.29, 1.82) is 0 Å². The summed E-state index contributed by atoms with van der Waals surface area (Å²) in [4.78, 5) is 12.8. The molecule has 12 heavy (non-hydrogen) atoms. The topological polar surface area (TPSA) is 42.3 Å². The number of hydrogen-bond donors (Lipinski definition) is 0. The van der Waals surface area contributed by atoms with Crippen LogP contribution in [0.15, 0.2) is 23.4 Å². The lowest BCUT2D eigenvalue weighted by atomic mass is 10.3. The highest BCUT2D eigenvalue weighted by Gasteiger charge is 2.32. The van der Waals surface area contributed by atoms with Crippen LogP contribution in [-0.4, -0.2) is 4.98 Å². The Kier molecular flexibility index (Phi) is 2.07. The van der Waals surface area contributed by atoms with Crippen molar-refractivity contribution in [3.63, 3.8) is 0 Å². The third kappa shape index (κ3) is 1.77. The van der Waals surface area contributed by atoms with Gasteiger partial charge in [-0.15, -0.1) is 4.91 Å². The van der Waals surface area contributed by atoms with E-state index in [1.807, 2.05) is 0 Å². The molecular formula is C6H3F3N2O. The van der Waals surface area contributed by atoms with Crippen molar-refractivity contribution in [3.8, 4) is 0 Å². The lowest BCUT2D eigenvalue weighted by Gasteiger charge is -2.03. The number of halogens is 3. The molecule has 1 heterocycles. The summed E-state index contributed by atoms with van der Waals surface area (Å²) in [5, 5.41) is 2.28. The molecule has 1 aromatic heterocycles. The maximum Gasteiger partial charge on any atom is 0.433 e. The van der Waals surface area contributed by atoms with Crippen LogP contribution in [0, 0.1) is 4.91 Å². The Labute approximate surface area is 65.2 Å². The molecule has 0 N–H and O–H groups in total. The maximum atomic E-state index is 11.9. The quantitative estimate of drug-likeness (QED) is 0.617. The summed E-state index contributed by atoms with van der Waals surface area (Å²) >= 11 is 0. The summed E-state index contributed by atoms with van der Waals surface area (Å²) in [7, 11) is 0. The first-order valence-corrected chi connectivity index (χ1v) is 2.91. The molecule has 64 valence electrons. The van der Waals surface area contributed by atoms with Gasteiger partial charge in [0.15, 0.2) is 5.82 Å². The SMILES string of the molecule is O=Nc1cccc(C(F)(F)F)n1. The molecule has 0 atom stereocenters. The van der Waals surface area contributed by atoms with Gasteiger partial charge in [-0.3, -0.25) is 0 Å². The smallest absolute Gasteiger partial charge is 0.221 e. The maximum absolute atomic E-state index is 11.9. The van der Waals surface area contributed by atoms with Crippen molar-refractivity contribution in [3.05, 3.63) is 28.8 Å². The predicted molar refractivity (Wildman–Crippen MR) is 34.7 cm³/mol. The first kappa shape index (κ1) is 8.63. The van der Waals surface area contributed by atoms with Gasteiger partial charge < -0.3 is 0 Å². The zero-order valence-electron chi connectivity index (χ0n) is 5.67. The molecule has 0 amide bonds. The van der Waals surface area contributed by atoms with E-state index in [2.05, 4.69) is 10.2 Å². The molecule has 0 spiro atoms. The van der Waals surface area contributed by atoms with Crippen molar-refractivity contribution in [2.75, 3.05) is 0 Å². The van der Waals surface area contributed by atoms with Crippen LogP contribution in [0.4, 0.5) is 19.0 Å². The molecule has 0 saturated carbocycles. The van der Waals surface area contributed by atoms with Gasteiger partial charge in [0.25, 0.3) is 0 Å². The first-order chi connectivity index (χ1) is 5.54. The van der Waals surface area contributed by atoms with E-state index in [9.17, 15) is 18.1 Å². The predicted octanol–water partition coefficient (Wildman–Crippen LogP) is 2.50. The standard InChI is InChI=1S/C6H3F3N2O/c7-6(8,9)4-2-1-3-5(10-4)11-12/h1-3H. The van der Waals surface area contributed by atoms with Crippen molar-refractivity contribution in [2.45, 2.75) is 6.18 Å². The van der Waals surface area contributed by atoms with E-state index in [1.54, 1.807) is 0 Å². The van der Waals surface area contributed by atoms with Crippen molar-refractivity contribution in [1.82, 2.24) is 4.98 Å². The van der Waals surface area contributed by atoms with Gasteiger partial charge in [0.05, 0.1) is 0 Å². The highest BCUT2D eigenvalue weighted by Crippen LogP contribution is 2.28. The van der Waals surface area contributed by atoms with E-state index >= 15 is 0 Å². The highest BCUT2D eigenvalue weighted by atomic mass is 19.4. The van der Waals surface area contributed by atoms with E-state index in [0.717, 1.165) is 18.2 Å². The van der Waals surface area contributed by atoms with Gasteiger partial charge in [-0.25, -0.2) is 4.98 Å². The Bertz CT molecular complexity index is 297. The highest BCUT2D eigenvalue weighted by molar-refractivity contribution is 5.28. The molecule has 6 heteroatoms. The first-order valence-electron chi connectivity index (χ1n) is 2.91. The zero-order chi connectivity index (χ0) is 9.19. The molecular weight excluding hydrogens is 173 g/mol. The summed E-state index contributed by atoms with van der Waals surface area (Å²) < 4.78 is 35.7. The van der Waals surface area contributed by atoms with Crippen LogP contribution in [0.5, 0.6) is 0 Å². The summed E-state index contributed by atoms with van der Waals surface area (Å²) in [5.41, 5.74) is -1.11. The fraction of sp³-hybridized carbons (Fsp3) is 0.167. The van der Waals surface area contributed by atoms with Gasteiger partial charge >= 0.3 is 6.18 Å². The molecule has 0 aliphatic heterocycles. The van der Waals surface area contributed by atoms with Gasteiger partial charge in [-0.1, -0.05) is 6.07 Å². The molecule has 0 aliphatic rings. The number of aromatic nitrogens is 1. The molecule has 0 aromatic carbocycles. The van der Waals surface area contributed by atoms with Gasteiger partial charge in [0.1, 0.15) is 5.69 Å². The minimum Gasteiger partial charge on any atom is -0.221 e. The van der Waals surface area contributed by atoms with Crippen LogP contribution >= 0.6 is 0 Å². The fourth-order valence-corrected chi connectivity index (χ4v) is 0.632. The Morgan fingerprint density at radius 2 is 2.00 bits per heavy atom. The lowest BCUT2D eigenvalue weighted by molar-refractivity contribution is -0.141. The number of hydrogen-bond acceptors (Lipinski definition) is 3. The molecule has 3 nitrogen and oxygen atoms in total. The molecule has 0 aliphatic carbocycles. The van der Waals surface area contributed by atoms with Crippen molar-refractivity contribution >= 4 is 5.82 Å². The van der Waals surface area contributed by atoms with Crippen LogP contribution in [0.25, 0.3) is 0 Å². The Morgan fingerprint density at radius 1 is 1.33 bits per heavy atom. The van der Waals surface area contributed by atoms with Gasteiger partial charge in [0, 0.05) is 0 Å². The number of pyridine rings is 1. The summed E-state index contributed by atoms with van der Waals surface area (Å²) in [5.74, 6) is -0.468. The van der Waals surface area contributed by atoms with Crippen LogP contribution in [0.2, 0.25) is 0 Å². The second-order valence-corrected chi connectivity index (χ2v) is 1.97. The summed E-state index contributed by atoms with van der Waals surface area (Å²) in [6.07, 6.45) is -4.53. The van der Waals surface area contributed by atoms with Gasteiger partial charge in [0.2, 0.25) is 0 Å². The molecule has 0 saturated heterocycles. The molecule has 1 rings (SSSR count). The van der Waals surface area contributed by atoms with E-state index in [1.165, 1.54) is 0 Å². The Hall–Kier alpha value is -1.46. The largest absolute Gasteiger partial charge is 0.433 e. The van der Waals surface area contributed by atoms with E-state index in [0.29, 0.717) is 0 Å². The summed E-state index contributed by atoms with van der Waals surface area (Å²) in [6.45, 7) is 0. The number of nitroso groups, excluding NO2 is 1. The number of rotatable bonds is 1. The van der Waals surface area contributed by atoms with Gasteiger partial charge in [-0.2, -0.15) is 13.2 Å². The second kappa shape index (κ2) is 2.88. The average Bonchev–Trinajstić information content (AvgIpc) is 2.03. The third-order valence-corrected chi connectivity index (χ3v) is 1.12. The van der Waals surface area contributed by atoms with Crippen molar-refractivity contribution < 1.29 is 13.2 Å². The molecule has 0 fully saturated rings. The Morgan fingerprint density at radius 3 is 2.50 bits per heavy atom. The molecule has 1 aromatic rings. The fourth-order valence-electron chi connectivity index (χ4n) is 0.632. The number of alkyl halides is 3. The molecule has 0 bridgehead atoms. The van der Waals surface area contributed by atoms with Crippen LogP contribution < -0.4 is 0 Å². The average molecular weight is 176 g/mol. The van der Waals surface area contributed by atoms with Crippen molar-refractivity contribution in [2.24, 2.45) is 5.18 Å². The van der Waals surface area contributed by atoms with Gasteiger partial charge in [-0.05, 0) is 17.3 Å². The van der Waals surface area contributed by atoms with Crippen LogP contribution in [0.1, 0.15) is 5.69 Å². The molecule has 0 unspecified atom stereocenters. The minimum absolute atomic E-state index is 0.468.